The zero-order chi connectivity index (χ0) is 9.80. The molecule has 2 heterocycles. The first-order valence-corrected chi connectivity index (χ1v) is 4.70. The van der Waals surface area contributed by atoms with Gasteiger partial charge in [0.05, 0.1) is 11.4 Å². The fourth-order valence-corrected chi connectivity index (χ4v) is 1.27. The van der Waals surface area contributed by atoms with E-state index >= 15 is 0 Å². The molecule has 0 aliphatic carbocycles. The van der Waals surface area contributed by atoms with Gasteiger partial charge in [-0.25, -0.2) is 0 Å². The normalized spacial score (nSPS) is 20.4. The molecule has 0 fully saturated rings. The van der Waals surface area contributed by atoms with Crippen LogP contribution in [0.5, 0.6) is 0 Å². The first-order chi connectivity index (χ1) is 6.86. The highest BCUT2D eigenvalue weighted by atomic mass is 14.8. The van der Waals surface area contributed by atoms with Gasteiger partial charge in [0.2, 0.25) is 0 Å². The number of allylic oxidation sites excluding steroid dienone is 3. The SMILES string of the molecule is CC1C=CN=C(c2ccccn2)C=C1. The molecule has 0 radical (unpaired) electrons. The molecule has 0 bridgehead atoms. The third kappa shape index (κ3) is 1.96. The Morgan fingerprint density at radius 1 is 1.21 bits per heavy atom. The van der Waals surface area contributed by atoms with Crippen LogP contribution < -0.4 is 0 Å². The fourth-order valence-electron chi connectivity index (χ4n) is 1.27. The Morgan fingerprint density at radius 3 is 2.93 bits per heavy atom. The van der Waals surface area contributed by atoms with Crippen molar-refractivity contribution >= 4 is 5.71 Å². The molecule has 1 unspecified atom stereocenters. The van der Waals surface area contributed by atoms with Crippen molar-refractivity contribution < 1.29 is 0 Å². The van der Waals surface area contributed by atoms with Crippen molar-refractivity contribution in [1.29, 1.82) is 0 Å². The third-order valence-corrected chi connectivity index (χ3v) is 2.09. The van der Waals surface area contributed by atoms with E-state index in [-0.39, 0.29) is 0 Å². The second kappa shape index (κ2) is 4.01. The van der Waals surface area contributed by atoms with Crippen LogP contribution in [-0.4, -0.2) is 10.7 Å². The Kier molecular flexibility index (Phi) is 2.54. The summed E-state index contributed by atoms with van der Waals surface area (Å²) in [6, 6.07) is 5.84. The zero-order valence-electron chi connectivity index (χ0n) is 8.09. The van der Waals surface area contributed by atoms with E-state index < -0.39 is 0 Å². The average molecular weight is 184 g/mol. The number of hydrogen-bond donors (Lipinski definition) is 0. The largest absolute Gasteiger partial charge is 0.255 e. The van der Waals surface area contributed by atoms with Crippen molar-refractivity contribution in [3.05, 3.63) is 54.5 Å². The van der Waals surface area contributed by atoms with Crippen molar-refractivity contribution in [2.24, 2.45) is 10.9 Å². The van der Waals surface area contributed by atoms with Gasteiger partial charge in [-0.3, -0.25) is 9.98 Å². The molecule has 1 aromatic rings. The highest BCUT2D eigenvalue weighted by Crippen LogP contribution is 2.07. The second-order valence-electron chi connectivity index (χ2n) is 3.29. The lowest BCUT2D eigenvalue weighted by molar-refractivity contribution is 0.940. The molecule has 1 aromatic heterocycles. The van der Waals surface area contributed by atoms with Gasteiger partial charge in [0.1, 0.15) is 0 Å². The monoisotopic (exact) mass is 184 g/mol. The molecule has 70 valence electrons. The summed E-state index contributed by atoms with van der Waals surface area (Å²) in [7, 11) is 0. The van der Waals surface area contributed by atoms with Crippen LogP contribution in [0.4, 0.5) is 0 Å². The van der Waals surface area contributed by atoms with Crippen LogP contribution in [0.15, 0.2) is 53.8 Å². The highest BCUT2D eigenvalue weighted by molar-refractivity contribution is 6.07. The van der Waals surface area contributed by atoms with E-state index in [1.54, 1.807) is 6.20 Å². The minimum absolute atomic E-state index is 0.444. The van der Waals surface area contributed by atoms with Crippen LogP contribution in [0.1, 0.15) is 12.6 Å². The predicted molar refractivity (Wildman–Crippen MR) is 58.2 cm³/mol. The van der Waals surface area contributed by atoms with Gasteiger partial charge in [0, 0.05) is 12.4 Å². The van der Waals surface area contributed by atoms with Crippen LogP contribution in [0, 0.1) is 5.92 Å². The number of nitrogens with zero attached hydrogens (tertiary/aromatic N) is 2. The lowest BCUT2D eigenvalue weighted by Gasteiger charge is -1.97. The van der Waals surface area contributed by atoms with Gasteiger partial charge in [-0.2, -0.15) is 0 Å². The smallest absolute Gasteiger partial charge is 0.0885 e. The van der Waals surface area contributed by atoms with Gasteiger partial charge in [-0.1, -0.05) is 25.1 Å². The van der Waals surface area contributed by atoms with E-state index in [1.165, 1.54) is 0 Å². The Balaban J connectivity index is 2.33. The lowest BCUT2D eigenvalue weighted by Crippen LogP contribution is -1.98. The Morgan fingerprint density at radius 2 is 2.14 bits per heavy atom. The molecule has 2 nitrogen and oxygen atoms in total. The summed E-state index contributed by atoms with van der Waals surface area (Å²) in [5.41, 5.74) is 1.84. The topological polar surface area (TPSA) is 25.2 Å². The fraction of sp³-hybridized carbons (Fsp3) is 0.167. The molecule has 1 aliphatic heterocycles. The molecule has 0 aromatic carbocycles. The van der Waals surface area contributed by atoms with Gasteiger partial charge < -0.3 is 0 Å². The molecule has 0 saturated carbocycles. The average Bonchev–Trinajstić information content (AvgIpc) is 2.44. The van der Waals surface area contributed by atoms with Crippen molar-refractivity contribution in [1.82, 2.24) is 4.98 Å². The van der Waals surface area contributed by atoms with E-state index in [2.05, 4.69) is 29.1 Å². The summed E-state index contributed by atoms with van der Waals surface area (Å²) in [6.07, 6.45) is 9.83. The molecule has 1 aliphatic rings. The Hall–Kier alpha value is -1.70. The second-order valence-corrected chi connectivity index (χ2v) is 3.29. The molecule has 1 atom stereocenters. The number of pyridine rings is 1. The van der Waals surface area contributed by atoms with Crippen LogP contribution in [-0.2, 0) is 0 Å². The summed E-state index contributed by atoms with van der Waals surface area (Å²) >= 11 is 0. The maximum Gasteiger partial charge on any atom is 0.0885 e. The van der Waals surface area contributed by atoms with Crippen LogP contribution in [0.25, 0.3) is 0 Å². The minimum Gasteiger partial charge on any atom is -0.255 e. The van der Waals surface area contributed by atoms with Gasteiger partial charge in [-0.05, 0) is 24.1 Å². The highest BCUT2D eigenvalue weighted by Gasteiger charge is 2.02. The van der Waals surface area contributed by atoms with E-state index in [1.807, 2.05) is 30.5 Å². The molecule has 0 spiro atoms. The Labute approximate surface area is 83.7 Å². The van der Waals surface area contributed by atoms with Gasteiger partial charge in [-0.15, -0.1) is 0 Å². The van der Waals surface area contributed by atoms with Gasteiger partial charge >= 0.3 is 0 Å². The van der Waals surface area contributed by atoms with Gasteiger partial charge in [0.25, 0.3) is 0 Å². The summed E-state index contributed by atoms with van der Waals surface area (Å²) in [5, 5.41) is 0. The summed E-state index contributed by atoms with van der Waals surface area (Å²) in [5.74, 6) is 0.444. The van der Waals surface area contributed by atoms with Crippen molar-refractivity contribution in [2.45, 2.75) is 6.92 Å². The van der Waals surface area contributed by atoms with Crippen molar-refractivity contribution in [3.63, 3.8) is 0 Å². The van der Waals surface area contributed by atoms with Crippen LogP contribution in [0.2, 0.25) is 0 Å². The molecule has 14 heavy (non-hydrogen) atoms. The van der Waals surface area contributed by atoms with E-state index in [0.29, 0.717) is 5.92 Å². The van der Waals surface area contributed by atoms with E-state index in [9.17, 15) is 0 Å². The number of aromatic nitrogens is 1. The number of hydrogen-bond acceptors (Lipinski definition) is 2. The first-order valence-electron chi connectivity index (χ1n) is 4.70. The first kappa shape index (κ1) is 8.88. The van der Waals surface area contributed by atoms with Gasteiger partial charge in [0.15, 0.2) is 0 Å². The third-order valence-electron chi connectivity index (χ3n) is 2.09. The quantitative estimate of drug-likeness (QED) is 0.658. The zero-order valence-corrected chi connectivity index (χ0v) is 8.09. The van der Waals surface area contributed by atoms with E-state index in [4.69, 9.17) is 0 Å². The molecule has 0 saturated heterocycles. The van der Waals surface area contributed by atoms with Crippen LogP contribution >= 0.6 is 0 Å². The number of rotatable bonds is 1. The van der Waals surface area contributed by atoms with Crippen molar-refractivity contribution in [2.75, 3.05) is 0 Å². The molecule has 0 amide bonds. The molecule has 2 rings (SSSR count). The van der Waals surface area contributed by atoms with Crippen LogP contribution in [0.3, 0.4) is 0 Å². The molecule has 2 heteroatoms. The maximum atomic E-state index is 4.33. The summed E-state index contributed by atoms with van der Waals surface area (Å²) in [6.45, 7) is 2.13. The summed E-state index contributed by atoms with van der Waals surface area (Å²) < 4.78 is 0. The van der Waals surface area contributed by atoms with E-state index in [0.717, 1.165) is 11.4 Å². The lowest BCUT2D eigenvalue weighted by atomic mass is 10.1. The molecular formula is C12H12N2. The molecule has 0 N–H and O–H groups in total. The maximum absolute atomic E-state index is 4.33. The summed E-state index contributed by atoms with van der Waals surface area (Å²) in [4.78, 5) is 8.58. The number of aliphatic imine (C=N–C) groups is 1. The van der Waals surface area contributed by atoms with Crippen molar-refractivity contribution in [3.8, 4) is 0 Å². The predicted octanol–water partition coefficient (Wildman–Crippen LogP) is 2.59. The minimum atomic E-state index is 0.444. The Bertz CT molecular complexity index is 388. The molecular weight excluding hydrogens is 172 g/mol. The standard InChI is InChI=1S/C12H12N2/c1-10-5-6-12(14-9-7-10)11-4-2-3-8-13-11/h2-10H,1H3.